The van der Waals surface area contributed by atoms with E-state index in [1.807, 2.05) is 13.0 Å². The molecule has 0 saturated heterocycles. The molecule has 146 valence electrons. The van der Waals surface area contributed by atoms with Crippen LogP contribution in [-0.4, -0.2) is 42.2 Å². The number of hydrogen-bond donors (Lipinski definition) is 2. The molecule has 0 spiro atoms. The number of ether oxygens (including phenoxy) is 2. The number of carbonyl (C=O) groups excluding carboxylic acids is 1. The molecule has 8 heteroatoms. The fourth-order valence-electron chi connectivity index (χ4n) is 2.59. The van der Waals surface area contributed by atoms with E-state index in [0.29, 0.717) is 33.5 Å². The zero-order valence-electron chi connectivity index (χ0n) is 15.9. The van der Waals surface area contributed by atoms with Crippen molar-refractivity contribution >= 4 is 23.2 Å². The average molecular weight is 392 g/mol. The number of carboxylic acids is 1. The number of rotatable bonds is 9. The van der Waals surface area contributed by atoms with Crippen molar-refractivity contribution in [3.63, 3.8) is 0 Å². The largest absolute Gasteiger partial charge is 0.493 e. The third kappa shape index (κ3) is 4.97. The van der Waals surface area contributed by atoms with Crippen LogP contribution in [0.15, 0.2) is 18.2 Å². The highest BCUT2D eigenvalue weighted by molar-refractivity contribution is 7.17. The standard InChI is InChI=1S/C19H24N2O5S/c1-5-6-7-13(19(23)24)21-17(22)16-11(2)20-18(27-16)12-8-9-14(25-3)15(10-12)26-4/h8-10,13H,5-7H2,1-4H3,(H,21,22)(H,23,24). The van der Waals surface area contributed by atoms with Gasteiger partial charge < -0.3 is 19.9 Å². The number of methoxy groups -OCH3 is 2. The summed E-state index contributed by atoms with van der Waals surface area (Å²) in [5.74, 6) is -0.272. The Balaban J connectivity index is 2.25. The lowest BCUT2D eigenvalue weighted by molar-refractivity contribution is -0.139. The first-order valence-corrected chi connectivity index (χ1v) is 9.46. The first-order chi connectivity index (χ1) is 12.9. The SMILES string of the molecule is CCCCC(NC(=O)c1sc(-c2ccc(OC)c(OC)c2)nc1C)C(=O)O. The molecule has 0 aliphatic rings. The van der Waals surface area contributed by atoms with Crippen LogP contribution in [-0.2, 0) is 4.79 Å². The fraction of sp³-hybridized carbons (Fsp3) is 0.421. The highest BCUT2D eigenvalue weighted by Gasteiger charge is 2.23. The number of aliphatic carboxylic acids is 1. The monoisotopic (exact) mass is 392 g/mol. The minimum Gasteiger partial charge on any atom is -0.493 e. The summed E-state index contributed by atoms with van der Waals surface area (Å²) < 4.78 is 10.5. The van der Waals surface area contributed by atoms with E-state index in [0.717, 1.165) is 18.4 Å². The van der Waals surface area contributed by atoms with Gasteiger partial charge in [0.2, 0.25) is 0 Å². The molecule has 1 aromatic heterocycles. The van der Waals surface area contributed by atoms with Crippen LogP contribution in [0.5, 0.6) is 11.5 Å². The third-order valence-corrected chi connectivity index (χ3v) is 5.29. The van der Waals surface area contributed by atoms with Crippen molar-refractivity contribution in [2.24, 2.45) is 0 Å². The molecule has 0 aliphatic heterocycles. The quantitative estimate of drug-likeness (QED) is 0.678. The molecule has 1 unspecified atom stereocenters. The second-order valence-electron chi connectivity index (χ2n) is 6.01. The van der Waals surface area contributed by atoms with Gasteiger partial charge in [-0.15, -0.1) is 11.3 Å². The van der Waals surface area contributed by atoms with Gasteiger partial charge >= 0.3 is 5.97 Å². The number of unbranched alkanes of at least 4 members (excludes halogenated alkanes) is 1. The molecule has 1 heterocycles. The van der Waals surface area contributed by atoms with E-state index in [4.69, 9.17) is 9.47 Å². The highest BCUT2D eigenvalue weighted by Crippen LogP contribution is 2.35. The summed E-state index contributed by atoms with van der Waals surface area (Å²) in [6, 6.07) is 4.50. The Kier molecular flexibility index (Phi) is 7.18. The van der Waals surface area contributed by atoms with Crippen LogP contribution in [0.2, 0.25) is 0 Å². The zero-order valence-corrected chi connectivity index (χ0v) is 16.7. The van der Waals surface area contributed by atoms with Crippen molar-refractivity contribution in [3.8, 4) is 22.1 Å². The molecule has 0 saturated carbocycles. The van der Waals surface area contributed by atoms with E-state index < -0.39 is 17.9 Å². The maximum Gasteiger partial charge on any atom is 0.326 e. The molecular formula is C19H24N2O5S. The minimum atomic E-state index is -1.03. The number of nitrogens with one attached hydrogen (secondary N) is 1. The van der Waals surface area contributed by atoms with Crippen LogP contribution >= 0.6 is 11.3 Å². The number of thiazole rings is 1. The maximum absolute atomic E-state index is 12.6. The van der Waals surface area contributed by atoms with Crippen molar-refractivity contribution in [3.05, 3.63) is 28.8 Å². The van der Waals surface area contributed by atoms with Gasteiger partial charge in [0.05, 0.1) is 19.9 Å². The zero-order chi connectivity index (χ0) is 20.0. The lowest BCUT2D eigenvalue weighted by atomic mass is 10.1. The van der Waals surface area contributed by atoms with Crippen LogP contribution in [0.1, 0.15) is 41.6 Å². The predicted molar refractivity (Wildman–Crippen MR) is 104 cm³/mol. The summed E-state index contributed by atoms with van der Waals surface area (Å²) in [6.07, 6.45) is 2.00. The number of carboxylic acid groups (broad SMARTS) is 1. The van der Waals surface area contributed by atoms with Gasteiger partial charge in [0.25, 0.3) is 5.91 Å². The molecule has 2 N–H and O–H groups in total. The number of nitrogens with zero attached hydrogens (tertiary/aromatic N) is 1. The van der Waals surface area contributed by atoms with Crippen molar-refractivity contribution in [2.75, 3.05) is 14.2 Å². The van der Waals surface area contributed by atoms with Gasteiger partial charge in [0.1, 0.15) is 15.9 Å². The van der Waals surface area contributed by atoms with Crippen molar-refractivity contribution in [1.82, 2.24) is 10.3 Å². The van der Waals surface area contributed by atoms with Gasteiger partial charge in [-0.05, 0) is 31.5 Å². The number of carbonyl (C=O) groups is 2. The fourth-order valence-corrected chi connectivity index (χ4v) is 3.55. The summed E-state index contributed by atoms with van der Waals surface area (Å²) >= 11 is 1.22. The second-order valence-corrected chi connectivity index (χ2v) is 7.01. The van der Waals surface area contributed by atoms with Crippen LogP contribution in [0, 0.1) is 6.92 Å². The van der Waals surface area contributed by atoms with E-state index in [1.54, 1.807) is 33.3 Å². The normalized spacial score (nSPS) is 11.7. The summed E-state index contributed by atoms with van der Waals surface area (Å²) in [5, 5.41) is 12.6. The summed E-state index contributed by atoms with van der Waals surface area (Å²) in [4.78, 5) is 28.8. The van der Waals surface area contributed by atoms with Gasteiger partial charge in [0, 0.05) is 5.56 Å². The van der Waals surface area contributed by atoms with Gasteiger partial charge in [-0.3, -0.25) is 4.79 Å². The Bertz CT molecular complexity index is 818. The number of amides is 1. The van der Waals surface area contributed by atoms with Gasteiger partial charge in [-0.1, -0.05) is 19.8 Å². The minimum absolute atomic E-state index is 0.401. The predicted octanol–water partition coefficient (Wildman–Crippen LogP) is 3.51. The summed E-state index contributed by atoms with van der Waals surface area (Å²) in [5.41, 5.74) is 1.35. The number of hydrogen-bond acceptors (Lipinski definition) is 6. The Hall–Kier alpha value is -2.61. The lowest BCUT2D eigenvalue weighted by Gasteiger charge is -2.13. The second kappa shape index (κ2) is 9.36. The van der Waals surface area contributed by atoms with Crippen LogP contribution in [0.3, 0.4) is 0 Å². The Morgan fingerprint density at radius 1 is 1.26 bits per heavy atom. The third-order valence-electron chi connectivity index (χ3n) is 4.08. The molecule has 1 aromatic carbocycles. The molecule has 2 aromatic rings. The smallest absolute Gasteiger partial charge is 0.326 e. The molecule has 0 radical (unpaired) electrons. The summed E-state index contributed by atoms with van der Waals surface area (Å²) in [7, 11) is 3.11. The van der Waals surface area contributed by atoms with Gasteiger partial charge in [0.15, 0.2) is 11.5 Å². The maximum atomic E-state index is 12.6. The van der Waals surface area contributed by atoms with E-state index in [-0.39, 0.29) is 0 Å². The number of aryl methyl sites for hydroxylation is 1. The molecule has 1 amide bonds. The van der Waals surface area contributed by atoms with Crippen molar-refractivity contribution in [2.45, 2.75) is 39.2 Å². The molecular weight excluding hydrogens is 368 g/mol. The molecule has 2 rings (SSSR count). The van der Waals surface area contributed by atoms with Gasteiger partial charge in [-0.2, -0.15) is 0 Å². The van der Waals surface area contributed by atoms with Crippen molar-refractivity contribution < 1.29 is 24.2 Å². The van der Waals surface area contributed by atoms with Gasteiger partial charge in [-0.25, -0.2) is 9.78 Å². The first kappa shape index (κ1) is 20.7. The molecule has 1 atom stereocenters. The molecule has 27 heavy (non-hydrogen) atoms. The molecule has 0 bridgehead atoms. The number of aromatic nitrogens is 1. The van der Waals surface area contributed by atoms with Crippen LogP contribution in [0.4, 0.5) is 0 Å². The van der Waals surface area contributed by atoms with E-state index in [2.05, 4.69) is 10.3 Å². The molecule has 7 nitrogen and oxygen atoms in total. The molecule has 0 aliphatic carbocycles. The van der Waals surface area contributed by atoms with Crippen LogP contribution < -0.4 is 14.8 Å². The Morgan fingerprint density at radius 3 is 2.56 bits per heavy atom. The summed E-state index contributed by atoms with van der Waals surface area (Å²) in [6.45, 7) is 3.71. The Labute approximate surface area is 162 Å². The van der Waals surface area contributed by atoms with E-state index in [1.165, 1.54) is 11.3 Å². The first-order valence-electron chi connectivity index (χ1n) is 8.64. The number of benzene rings is 1. The Morgan fingerprint density at radius 2 is 1.96 bits per heavy atom. The lowest BCUT2D eigenvalue weighted by Crippen LogP contribution is -2.40. The van der Waals surface area contributed by atoms with Crippen LogP contribution in [0.25, 0.3) is 10.6 Å². The average Bonchev–Trinajstić information content (AvgIpc) is 3.05. The van der Waals surface area contributed by atoms with E-state index >= 15 is 0 Å². The van der Waals surface area contributed by atoms with E-state index in [9.17, 15) is 14.7 Å². The van der Waals surface area contributed by atoms with Crippen molar-refractivity contribution in [1.29, 1.82) is 0 Å². The topological polar surface area (TPSA) is 97.8 Å². The highest BCUT2D eigenvalue weighted by atomic mass is 32.1. The molecule has 0 fully saturated rings.